The van der Waals surface area contributed by atoms with Crippen molar-refractivity contribution in [3.8, 4) is 11.5 Å². The Kier molecular flexibility index (Phi) is 3.06. The van der Waals surface area contributed by atoms with Gasteiger partial charge in [0.05, 0.1) is 17.1 Å². The molecule has 1 aliphatic rings. The van der Waals surface area contributed by atoms with Crippen molar-refractivity contribution < 1.29 is 13.6 Å². The molecule has 3 heterocycles. The third-order valence-corrected chi connectivity index (χ3v) is 4.21. The molecule has 0 N–H and O–H groups in total. The fourth-order valence-electron chi connectivity index (χ4n) is 1.99. The molecule has 0 spiro atoms. The average molecular weight is 279 g/mol. The minimum Gasteiger partial charge on any atom is -0.469 e. The van der Waals surface area contributed by atoms with Crippen LogP contribution < -0.4 is 0 Å². The third-order valence-electron chi connectivity index (χ3n) is 3.12. The number of hydrogen-bond donors (Lipinski definition) is 0. The number of thioether (sulfide) groups is 1. The zero-order chi connectivity index (χ0) is 13.4. The highest BCUT2D eigenvalue weighted by Gasteiger charge is 2.31. The molecule has 0 bridgehead atoms. The molecule has 6 nitrogen and oxygen atoms in total. The van der Waals surface area contributed by atoms with Crippen molar-refractivity contribution in [2.24, 2.45) is 0 Å². The number of hydrogen-bond acceptors (Lipinski definition) is 6. The van der Waals surface area contributed by atoms with Crippen LogP contribution in [0.5, 0.6) is 0 Å². The molecular weight excluding hydrogens is 266 g/mol. The fraction of sp³-hybridized carbons (Fsp3) is 0.417. The van der Waals surface area contributed by atoms with Crippen LogP contribution in [0.3, 0.4) is 0 Å². The number of carbonyl (C=O) groups excluding carboxylic acids is 1. The summed E-state index contributed by atoms with van der Waals surface area (Å²) in [6.07, 6.45) is 2.39. The second-order valence-corrected chi connectivity index (χ2v) is 5.57. The summed E-state index contributed by atoms with van der Waals surface area (Å²) in [6, 6.07) is 1.78. The first-order valence-electron chi connectivity index (χ1n) is 5.95. The van der Waals surface area contributed by atoms with Gasteiger partial charge in [0.2, 0.25) is 5.91 Å². The summed E-state index contributed by atoms with van der Waals surface area (Å²) in [5.74, 6) is 1.27. The van der Waals surface area contributed by atoms with E-state index in [1.165, 1.54) is 11.8 Å². The van der Waals surface area contributed by atoms with E-state index in [0.717, 1.165) is 24.3 Å². The number of nitrogens with zero attached hydrogens (tertiary/aromatic N) is 3. The van der Waals surface area contributed by atoms with E-state index in [4.69, 9.17) is 8.83 Å². The second-order valence-electron chi connectivity index (χ2n) is 4.42. The Balaban J connectivity index is 1.76. The van der Waals surface area contributed by atoms with Gasteiger partial charge >= 0.3 is 0 Å². The van der Waals surface area contributed by atoms with E-state index >= 15 is 0 Å². The highest BCUT2D eigenvalue weighted by atomic mass is 32.2. The molecule has 2 aromatic rings. The summed E-state index contributed by atoms with van der Waals surface area (Å²) in [5.41, 5.74) is 0.786. The molecule has 0 unspecified atom stereocenters. The van der Waals surface area contributed by atoms with Gasteiger partial charge in [-0.2, -0.15) is 0 Å². The van der Waals surface area contributed by atoms with Gasteiger partial charge in [0.25, 0.3) is 11.1 Å². The van der Waals surface area contributed by atoms with Crippen molar-refractivity contribution in [3.05, 3.63) is 18.1 Å². The number of rotatable bonds is 3. The molecule has 0 aliphatic carbocycles. The number of carbonyl (C=O) groups is 1. The standard InChI is InChI=1S/C12H13N3O3S/c1-7-8(4-6-17-7)10-13-14-12(18-10)19-9-3-5-15(2)11(9)16/h4,6,9H,3,5H2,1-2H3/t9-/m0/s1. The van der Waals surface area contributed by atoms with Gasteiger partial charge in [-0.3, -0.25) is 4.79 Å². The Hall–Kier alpha value is -1.76. The Labute approximate surface area is 114 Å². The van der Waals surface area contributed by atoms with Gasteiger partial charge < -0.3 is 13.7 Å². The molecule has 19 heavy (non-hydrogen) atoms. The van der Waals surface area contributed by atoms with Crippen LogP contribution >= 0.6 is 11.8 Å². The summed E-state index contributed by atoms with van der Waals surface area (Å²) in [6.45, 7) is 2.61. The normalized spacial score (nSPS) is 19.4. The molecule has 0 aromatic carbocycles. The maximum absolute atomic E-state index is 11.8. The highest BCUT2D eigenvalue weighted by molar-refractivity contribution is 8.00. The van der Waals surface area contributed by atoms with Crippen LogP contribution in [0, 0.1) is 6.92 Å². The van der Waals surface area contributed by atoms with Crippen LogP contribution in [0.4, 0.5) is 0 Å². The third kappa shape index (κ3) is 2.25. The van der Waals surface area contributed by atoms with Crippen molar-refractivity contribution in [1.82, 2.24) is 15.1 Å². The summed E-state index contributed by atoms with van der Waals surface area (Å²) in [4.78, 5) is 13.5. The lowest BCUT2D eigenvalue weighted by atomic mass is 10.3. The van der Waals surface area contributed by atoms with E-state index in [-0.39, 0.29) is 11.2 Å². The van der Waals surface area contributed by atoms with Crippen LogP contribution in [0.15, 0.2) is 26.4 Å². The van der Waals surface area contributed by atoms with Gasteiger partial charge in [-0.05, 0) is 19.4 Å². The van der Waals surface area contributed by atoms with E-state index in [1.807, 2.05) is 6.92 Å². The summed E-state index contributed by atoms with van der Waals surface area (Å²) < 4.78 is 10.8. The van der Waals surface area contributed by atoms with Crippen LogP contribution in [-0.2, 0) is 4.79 Å². The quantitative estimate of drug-likeness (QED) is 0.855. The minimum absolute atomic E-state index is 0.115. The highest BCUT2D eigenvalue weighted by Crippen LogP contribution is 2.31. The molecule has 1 aliphatic heterocycles. The molecule has 1 saturated heterocycles. The van der Waals surface area contributed by atoms with Crippen molar-refractivity contribution in [3.63, 3.8) is 0 Å². The molecule has 1 amide bonds. The zero-order valence-corrected chi connectivity index (χ0v) is 11.4. The summed E-state index contributed by atoms with van der Waals surface area (Å²) in [7, 11) is 1.80. The van der Waals surface area contributed by atoms with Gasteiger partial charge in [0.1, 0.15) is 5.76 Å². The first-order chi connectivity index (χ1) is 9.15. The van der Waals surface area contributed by atoms with Crippen LogP contribution in [0.25, 0.3) is 11.5 Å². The largest absolute Gasteiger partial charge is 0.469 e. The molecule has 1 fully saturated rings. The van der Waals surface area contributed by atoms with Gasteiger partial charge in [0.15, 0.2) is 0 Å². The number of likely N-dealkylation sites (tertiary alicyclic amines) is 1. The number of amides is 1. The number of furan rings is 1. The molecule has 1 atom stereocenters. The van der Waals surface area contributed by atoms with E-state index < -0.39 is 0 Å². The van der Waals surface area contributed by atoms with Crippen LogP contribution in [-0.4, -0.2) is 39.8 Å². The Morgan fingerprint density at radius 2 is 2.32 bits per heavy atom. The predicted molar refractivity (Wildman–Crippen MR) is 68.6 cm³/mol. The van der Waals surface area contributed by atoms with E-state index in [0.29, 0.717) is 11.1 Å². The lowest BCUT2D eigenvalue weighted by Crippen LogP contribution is -2.23. The van der Waals surface area contributed by atoms with Crippen molar-refractivity contribution in [2.75, 3.05) is 13.6 Å². The Morgan fingerprint density at radius 3 is 2.95 bits per heavy atom. The van der Waals surface area contributed by atoms with Gasteiger partial charge in [-0.25, -0.2) is 0 Å². The molecule has 3 rings (SSSR count). The summed E-state index contributed by atoms with van der Waals surface area (Å²) in [5, 5.41) is 8.25. The van der Waals surface area contributed by atoms with Gasteiger partial charge in [0, 0.05) is 13.6 Å². The van der Waals surface area contributed by atoms with E-state index in [2.05, 4.69) is 10.2 Å². The topological polar surface area (TPSA) is 72.4 Å². The lowest BCUT2D eigenvalue weighted by molar-refractivity contribution is -0.126. The summed E-state index contributed by atoms with van der Waals surface area (Å²) >= 11 is 1.32. The van der Waals surface area contributed by atoms with Gasteiger partial charge in [-0.15, -0.1) is 10.2 Å². The van der Waals surface area contributed by atoms with Gasteiger partial charge in [-0.1, -0.05) is 11.8 Å². The molecular formula is C12H13N3O3S. The van der Waals surface area contributed by atoms with Crippen molar-refractivity contribution in [1.29, 1.82) is 0 Å². The number of aryl methyl sites for hydroxylation is 1. The molecule has 2 aromatic heterocycles. The molecule has 0 saturated carbocycles. The van der Waals surface area contributed by atoms with E-state index in [9.17, 15) is 4.79 Å². The average Bonchev–Trinajstić information content (AvgIpc) is 3.07. The maximum Gasteiger partial charge on any atom is 0.277 e. The lowest BCUT2D eigenvalue weighted by Gasteiger charge is -2.07. The van der Waals surface area contributed by atoms with E-state index in [1.54, 1.807) is 24.3 Å². The monoisotopic (exact) mass is 279 g/mol. The smallest absolute Gasteiger partial charge is 0.277 e. The second kappa shape index (κ2) is 4.73. The Bertz CT molecular complexity index is 607. The van der Waals surface area contributed by atoms with Crippen molar-refractivity contribution >= 4 is 17.7 Å². The fourth-order valence-corrected chi connectivity index (χ4v) is 2.96. The minimum atomic E-state index is -0.122. The van der Waals surface area contributed by atoms with Crippen molar-refractivity contribution in [2.45, 2.75) is 23.8 Å². The predicted octanol–water partition coefficient (Wildman–Crippen LogP) is 1.96. The van der Waals surface area contributed by atoms with Crippen LogP contribution in [0.2, 0.25) is 0 Å². The maximum atomic E-state index is 11.8. The first-order valence-corrected chi connectivity index (χ1v) is 6.82. The Morgan fingerprint density at radius 1 is 1.47 bits per heavy atom. The SMILES string of the molecule is Cc1occc1-c1nnc(S[C@H]2CCN(C)C2=O)o1. The zero-order valence-electron chi connectivity index (χ0n) is 10.6. The molecule has 0 radical (unpaired) electrons. The number of aromatic nitrogens is 2. The molecule has 7 heteroatoms. The molecule has 100 valence electrons. The first kappa shape index (κ1) is 12.3. The van der Waals surface area contributed by atoms with Crippen LogP contribution in [0.1, 0.15) is 12.2 Å².